The summed E-state index contributed by atoms with van der Waals surface area (Å²) < 4.78 is 12.1. The van der Waals surface area contributed by atoms with Gasteiger partial charge < -0.3 is 14.8 Å². The van der Waals surface area contributed by atoms with Crippen LogP contribution in [0, 0.1) is 0 Å². The molecule has 1 N–H and O–H groups in total. The molecule has 2 rings (SSSR count). The molecule has 0 unspecified atom stereocenters. The standard InChI is InChI=1S/C16H24BrNO2/c1-16(2,5-6-18-7-9-19-3)14-11-13(17)10-12-4-8-20-15(12)14/h10-11,18H,4-9H2,1-3H3. The van der Waals surface area contributed by atoms with E-state index in [0.29, 0.717) is 0 Å². The van der Waals surface area contributed by atoms with E-state index >= 15 is 0 Å². The summed E-state index contributed by atoms with van der Waals surface area (Å²) in [5.74, 6) is 1.11. The molecular formula is C16H24BrNO2. The van der Waals surface area contributed by atoms with Crippen molar-refractivity contribution in [1.29, 1.82) is 0 Å². The lowest BCUT2D eigenvalue weighted by atomic mass is 9.80. The number of hydrogen-bond acceptors (Lipinski definition) is 3. The Hall–Kier alpha value is -0.580. The summed E-state index contributed by atoms with van der Waals surface area (Å²) in [5, 5.41) is 3.42. The van der Waals surface area contributed by atoms with Crippen LogP contribution in [0.2, 0.25) is 0 Å². The van der Waals surface area contributed by atoms with Crippen LogP contribution in [0.15, 0.2) is 16.6 Å². The van der Waals surface area contributed by atoms with Gasteiger partial charge in [-0.25, -0.2) is 0 Å². The van der Waals surface area contributed by atoms with Crippen LogP contribution < -0.4 is 10.1 Å². The molecule has 0 saturated heterocycles. The van der Waals surface area contributed by atoms with Crippen molar-refractivity contribution in [2.75, 3.05) is 33.4 Å². The molecule has 1 aliphatic rings. The van der Waals surface area contributed by atoms with Gasteiger partial charge in [0.1, 0.15) is 5.75 Å². The van der Waals surface area contributed by atoms with Gasteiger partial charge in [-0.15, -0.1) is 0 Å². The molecule has 3 nitrogen and oxygen atoms in total. The predicted molar refractivity (Wildman–Crippen MR) is 85.7 cm³/mol. The van der Waals surface area contributed by atoms with Crippen LogP contribution in [0.5, 0.6) is 5.75 Å². The van der Waals surface area contributed by atoms with Gasteiger partial charge in [0.15, 0.2) is 0 Å². The average Bonchev–Trinajstić information content (AvgIpc) is 2.85. The molecule has 112 valence electrons. The summed E-state index contributed by atoms with van der Waals surface area (Å²) in [6.45, 7) is 8.03. The molecule has 0 aliphatic carbocycles. The zero-order valence-electron chi connectivity index (χ0n) is 12.6. The first kappa shape index (κ1) is 15.8. The van der Waals surface area contributed by atoms with Crippen molar-refractivity contribution in [1.82, 2.24) is 5.32 Å². The van der Waals surface area contributed by atoms with Gasteiger partial charge >= 0.3 is 0 Å². The molecule has 0 bridgehead atoms. The molecule has 0 amide bonds. The van der Waals surface area contributed by atoms with Gasteiger partial charge in [0.2, 0.25) is 0 Å². The van der Waals surface area contributed by atoms with Crippen molar-refractivity contribution >= 4 is 15.9 Å². The van der Waals surface area contributed by atoms with Gasteiger partial charge in [-0.1, -0.05) is 29.8 Å². The van der Waals surface area contributed by atoms with E-state index in [4.69, 9.17) is 9.47 Å². The first-order chi connectivity index (χ1) is 9.54. The van der Waals surface area contributed by atoms with Gasteiger partial charge in [-0.2, -0.15) is 0 Å². The fourth-order valence-corrected chi connectivity index (χ4v) is 3.11. The van der Waals surface area contributed by atoms with Crippen molar-refractivity contribution < 1.29 is 9.47 Å². The Morgan fingerprint density at radius 1 is 1.35 bits per heavy atom. The number of hydrogen-bond donors (Lipinski definition) is 1. The van der Waals surface area contributed by atoms with Crippen molar-refractivity contribution in [2.45, 2.75) is 32.1 Å². The second kappa shape index (κ2) is 6.92. The number of ether oxygens (including phenoxy) is 2. The van der Waals surface area contributed by atoms with Crippen LogP contribution in [-0.4, -0.2) is 33.4 Å². The van der Waals surface area contributed by atoms with Crippen LogP contribution in [0.25, 0.3) is 0 Å². The van der Waals surface area contributed by atoms with Crippen LogP contribution in [-0.2, 0) is 16.6 Å². The maximum atomic E-state index is 5.85. The van der Waals surface area contributed by atoms with Gasteiger partial charge in [-0.05, 0) is 36.1 Å². The molecule has 0 saturated carbocycles. The van der Waals surface area contributed by atoms with Crippen LogP contribution in [0.3, 0.4) is 0 Å². The van der Waals surface area contributed by atoms with Crippen LogP contribution >= 0.6 is 15.9 Å². The van der Waals surface area contributed by atoms with E-state index in [9.17, 15) is 0 Å². The third kappa shape index (κ3) is 3.74. The van der Waals surface area contributed by atoms with Gasteiger partial charge in [0.25, 0.3) is 0 Å². The lowest BCUT2D eigenvalue weighted by molar-refractivity contribution is 0.198. The number of nitrogens with one attached hydrogen (secondary N) is 1. The van der Waals surface area contributed by atoms with Crippen molar-refractivity contribution in [3.8, 4) is 5.75 Å². The Balaban J connectivity index is 2.05. The molecule has 0 radical (unpaired) electrons. The smallest absolute Gasteiger partial charge is 0.126 e. The fourth-order valence-electron chi connectivity index (χ4n) is 2.61. The Bertz CT molecular complexity index is 460. The second-order valence-electron chi connectivity index (χ2n) is 5.92. The normalized spacial score (nSPS) is 14.2. The Labute approximate surface area is 130 Å². The van der Waals surface area contributed by atoms with E-state index in [1.807, 2.05) is 0 Å². The molecule has 20 heavy (non-hydrogen) atoms. The van der Waals surface area contributed by atoms with E-state index in [2.05, 4.69) is 47.2 Å². The van der Waals surface area contributed by atoms with E-state index in [0.717, 1.165) is 49.4 Å². The fraction of sp³-hybridized carbons (Fsp3) is 0.625. The first-order valence-electron chi connectivity index (χ1n) is 7.20. The molecule has 0 aromatic heterocycles. The largest absolute Gasteiger partial charge is 0.493 e. The Morgan fingerprint density at radius 2 is 2.15 bits per heavy atom. The van der Waals surface area contributed by atoms with Gasteiger partial charge in [0.05, 0.1) is 13.2 Å². The minimum Gasteiger partial charge on any atom is -0.493 e. The zero-order chi connectivity index (χ0) is 14.6. The molecular weight excluding hydrogens is 318 g/mol. The van der Waals surface area contributed by atoms with Crippen LogP contribution in [0.4, 0.5) is 0 Å². The molecule has 1 aromatic rings. The van der Waals surface area contributed by atoms with E-state index < -0.39 is 0 Å². The highest BCUT2D eigenvalue weighted by molar-refractivity contribution is 9.10. The first-order valence-corrected chi connectivity index (χ1v) is 7.99. The third-order valence-electron chi connectivity index (χ3n) is 3.89. The summed E-state index contributed by atoms with van der Waals surface area (Å²) in [6, 6.07) is 4.39. The molecule has 1 heterocycles. The SMILES string of the molecule is COCCNCCC(C)(C)c1cc(Br)cc2c1OCC2. The second-order valence-corrected chi connectivity index (χ2v) is 6.83. The number of benzene rings is 1. The van der Waals surface area contributed by atoms with E-state index in [-0.39, 0.29) is 5.41 Å². The maximum Gasteiger partial charge on any atom is 0.126 e. The quantitative estimate of drug-likeness (QED) is 0.772. The Morgan fingerprint density at radius 3 is 2.90 bits per heavy atom. The Kier molecular flexibility index (Phi) is 5.47. The van der Waals surface area contributed by atoms with E-state index in [1.165, 1.54) is 11.1 Å². The van der Waals surface area contributed by atoms with Gasteiger partial charge in [0, 0.05) is 30.1 Å². The number of methoxy groups -OCH3 is 1. The molecule has 4 heteroatoms. The molecule has 1 aliphatic heterocycles. The molecule has 0 atom stereocenters. The topological polar surface area (TPSA) is 30.5 Å². The third-order valence-corrected chi connectivity index (χ3v) is 4.35. The average molecular weight is 342 g/mol. The van der Waals surface area contributed by atoms with Crippen molar-refractivity contribution in [3.05, 3.63) is 27.7 Å². The van der Waals surface area contributed by atoms with Crippen molar-refractivity contribution in [2.24, 2.45) is 0 Å². The molecule has 1 aromatic carbocycles. The minimum atomic E-state index is 0.0955. The summed E-state index contributed by atoms with van der Waals surface area (Å²) in [6.07, 6.45) is 2.09. The maximum absolute atomic E-state index is 5.85. The summed E-state index contributed by atoms with van der Waals surface area (Å²) in [5.41, 5.74) is 2.74. The highest BCUT2D eigenvalue weighted by Gasteiger charge is 2.28. The van der Waals surface area contributed by atoms with E-state index in [1.54, 1.807) is 7.11 Å². The summed E-state index contributed by atoms with van der Waals surface area (Å²) in [7, 11) is 1.73. The molecule has 0 spiro atoms. The predicted octanol–water partition coefficient (Wildman–Crippen LogP) is 3.29. The minimum absolute atomic E-state index is 0.0955. The lowest BCUT2D eigenvalue weighted by Gasteiger charge is -2.27. The number of halogens is 1. The number of rotatable bonds is 7. The highest BCUT2D eigenvalue weighted by atomic mass is 79.9. The number of fused-ring (bicyclic) bond motifs is 1. The zero-order valence-corrected chi connectivity index (χ0v) is 14.2. The summed E-state index contributed by atoms with van der Waals surface area (Å²) >= 11 is 3.62. The molecule has 0 fully saturated rings. The highest BCUT2D eigenvalue weighted by Crippen LogP contribution is 2.41. The van der Waals surface area contributed by atoms with Crippen molar-refractivity contribution in [3.63, 3.8) is 0 Å². The van der Waals surface area contributed by atoms with Crippen LogP contribution in [0.1, 0.15) is 31.4 Å². The van der Waals surface area contributed by atoms with Gasteiger partial charge in [-0.3, -0.25) is 0 Å². The summed E-state index contributed by atoms with van der Waals surface area (Å²) in [4.78, 5) is 0. The lowest BCUT2D eigenvalue weighted by Crippen LogP contribution is -2.27. The monoisotopic (exact) mass is 341 g/mol.